The number of anilines is 1. The molecule has 0 atom stereocenters. The molecule has 0 saturated heterocycles. The number of carbonyl (C=O) groups is 1. The van der Waals surface area contributed by atoms with Gasteiger partial charge < -0.3 is 18.7 Å². The van der Waals surface area contributed by atoms with Crippen molar-refractivity contribution in [1.82, 2.24) is 5.16 Å². The van der Waals surface area contributed by atoms with Gasteiger partial charge in [-0.3, -0.25) is 4.79 Å². The van der Waals surface area contributed by atoms with Gasteiger partial charge in [0.2, 0.25) is 6.79 Å². The van der Waals surface area contributed by atoms with Crippen molar-refractivity contribution >= 4 is 56.6 Å². The maximum Gasteiger partial charge on any atom is 0.308 e. The van der Waals surface area contributed by atoms with Crippen molar-refractivity contribution < 1.29 is 31.9 Å². The van der Waals surface area contributed by atoms with Crippen LogP contribution in [0.25, 0.3) is 11.8 Å². The van der Waals surface area contributed by atoms with E-state index < -0.39 is 16.0 Å². The molecular weight excluding hydrogens is 480 g/mol. The number of ether oxygens (including phenoxy) is 3. The van der Waals surface area contributed by atoms with Gasteiger partial charge in [-0.2, -0.15) is 0 Å². The number of thiophene rings is 1. The molecular formula is C20H17ClN2O7S2. The number of aryl methyl sites for hydroxylation is 2. The van der Waals surface area contributed by atoms with Crippen molar-refractivity contribution in [2.45, 2.75) is 25.7 Å². The molecule has 0 spiro atoms. The molecule has 12 heteroatoms. The highest BCUT2D eigenvalue weighted by Crippen LogP contribution is 2.38. The van der Waals surface area contributed by atoms with Crippen LogP contribution in [0, 0.1) is 13.8 Å². The van der Waals surface area contributed by atoms with Crippen molar-refractivity contribution in [2.24, 2.45) is 0 Å². The fourth-order valence-electron chi connectivity index (χ4n) is 2.94. The summed E-state index contributed by atoms with van der Waals surface area (Å²) in [7, 11) is -4.14. The molecule has 3 aromatic rings. The number of nitrogens with zero attached hydrogens (tertiary/aromatic N) is 1. The quantitative estimate of drug-likeness (QED) is 0.388. The van der Waals surface area contributed by atoms with Crippen LogP contribution in [0.15, 0.2) is 33.0 Å². The third-order valence-corrected chi connectivity index (χ3v) is 7.34. The van der Waals surface area contributed by atoms with Gasteiger partial charge in [0.15, 0.2) is 11.5 Å². The second kappa shape index (κ2) is 8.49. The SMILES string of the molecule is CC(=O)O/C(=C\c1cc2c(cc1C)OCO2)c1sccc1S(=O)(=O)Nc1onc(C)c1Cl. The summed E-state index contributed by atoms with van der Waals surface area (Å²) in [4.78, 5) is 11.9. The summed E-state index contributed by atoms with van der Waals surface area (Å²) in [5, 5.41) is 5.26. The van der Waals surface area contributed by atoms with Crippen LogP contribution in [0.5, 0.6) is 11.5 Å². The van der Waals surface area contributed by atoms with Crippen LogP contribution in [0.2, 0.25) is 5.02 Å². The summed E-state index contributed by atoms with van der Waals surface area (Å²) >= 11 is 7.13. The van der Waals surface area contributed by atoms with Crippen LogP contribution in [0.3, 0.4) is 0 Å². The van der Waals surface area contributed by atoms with Crippen molar-refractivity contribution in [3.05, 3.63) is 50.3 Å². The van der Waals surface area contributed by atoms with Crippen molar-refractivity contribution in [1.29, 1.82) is 0 Å². The highest BCUT2D eigenvalue weighted by Gasteiger charge is 2.27. The molecule has 0 unspecified atom stereocenters. The molecule has 0 bridgehead atoms. The van der Waals surface area contributed by atoms with Gasteiger partial charge in [0.1, 0.15) is 21.4 Å². The Balaban J connectivity index is 1.77. The Kier molecular flexibility index (Phi) is 5.89. The third-order valence-electron chi connectivity index (χ3n) is 4.46. The largest absolute Gasteiger partial charge is 0.454 e. The molecule has 1 aliphatic rings. The van der Waals surface area contributed by atoms with E-state index in [0.29, 0.717) is 22.8 Å². The highest BCUT2D eigenvalue weighted by molar-refractivity contribution is 7.93. The molecule has 1 aliphatic heterocycles. The minimum Gasteiger partial charge on any atom is -0.454 e. The van der Waals surface area contributed by atoms with Crippen LogP contribution < -0.4 is 14.2 Å². The van der Waals surface area contributed by atoms with Gasteiger partial charge in [-0.1, -0.05) is 16.8 Å². The van der Waals surface area contributed by atoms with Crippen LogP contribution >= 0.6 is 22.9 Å². The Morgan fingerprint density at radius 1 is 1.28 bits per heavy atom. The van der Waals surface area contributed by atoms with Crippen molar-refractivity contribution in [3.63, 3.8) is 0 Å². The van der Waals surface area contributed by atoms with E-state index in [1.165, 1.54) is 13.0 Å². The molecule has 0 amide bonds. The highest BCUT2D eigenvalue weighted by atomic mass is 35.5. The standard InChI is InChI=1S/C20H17ClN2O7S2/c1-10-6-14-15(28-9-27-14)7-13(10)8-16(29-12(3)24)19-17(4-5-31-19)32(25,26)23-20-18(21)11(2)22-30-20/h4-8,23H,9H2,1-3H3/b16-8-. The van der Waals surface area contributed by atoms with E-state index in [-0.39, 0.29) is 33.2 Å². The normalized spacial score (nSPS) is 13.3. The predicted octanol–water partition coefficient (Wildman–Crippen LogP) is 4.60. The Labute approximate surface area is 192 Å². The van der Waals surface area contributed by atoms with E-state index in [4.69, 9.17) is 30.3 Å². The number of hydrogen-bond acceptors (Lipinski definition) is 9. The summed E-state index contributed by atoms with van der Waals surface area (Å²) in [5.41, 5.74) is 1.83. The summed E-state index contributed by atoms with van der Waals surface area (Å²) in [6, 6.07) is 4.92. The van der Waals surface area contributed by atoms with Gasteiger partial charge in [0, 0.05) is 6.92 Å². The lowest BCUT2D eigenvalue weighted by molar-refractivity contribution is -0.134. The molecule has 32 heavy (non-hydrogen) atoms. The monoisotopic (exact) mass is 496 g/mol. The maximum absolute atomic E-state index is 13.1. The number of hydrogen-bond donors (Lipinski definition) is 1. The van der Waals surface area contributed by atoms with Crippen LogP contribution in [0.4, 0.5) is 5.88 Å². The lowest BCUT2D eigenvalue weighted by atomic mass is 10.1. The molecule has 1 aromatic carbocycles. The van der Waals surface area contributed by atoms with Gasteiger partial charge in [0.05, 0.1) is 4.88 Å². The second-order valence-electron chi connectivity index (χ2n) is 6.79. The first-order chi connectivity index (χ1) is 15.2. The summed E-state index contributed by atoms with van der Waals surface area (Å²) in [6.07, 6.45) is 1.58. The zero-order valence-corrected chi connectivity index (χ0v) is 19.5. The molecule has 3 heterocycles. The number of halogens is 1. The number of carbonyl (C=O) groups excluding carboxylic acids is 1. The number of esters is 1. The number of fused-ring (bicyclic) bond motifs is 1. The number of aromatic nitrogens is 1. The lowest BCUT2D eigenvalue weighted by Gasteiger charge is -2.11. The average Bonchev–Trinajstić information content (AvgIpc) is 3.44. The zero-order valence-electron chi connectivity index (χ0n) is 17.1. The minimum absolute atomic E-state index is 0.0529. The smallest absolute Gasteiger partial charge is 0.308 e. The van der Waals surface area contributed by atoms with Gasteiger partial charge in [0.25, 0.3) is 15.9 Å². The topological polar surface area (TPSA) is 117 Å². The molecule has 4 rings (SSSR count). The van der Waals surface area contributed by atoms with Crippen molar-refractivity contribution in [3.8, 4) is 11.5 Å². The lowest BCUT2D eigenvalue weighted by Crippen LogP contribution is -2.14. The van der Waals surface area contributed by atoms with E-state index >= 15 is 0 Å². The van der Waals surface area contributed by atoms with Crippen LogP contribution in [-0.2, 0) is 19.6 Å². The van der Waals surface area contributed by atoms with Crippen molar-refractivity contribution in [2.75, 3.05) is 11.5 Å². The van der Waals surface area contributed by atoms with Gasteiger partial charge in [-0.25, -0.2) is 13.1 Å². The van der Waals surface area contributed by atoms with Gasteiger partial charge in [-0.15, -0.1) is 11.3 Å². The van der Waals surface area contributed by atoms with E-state index in [1.54, 1.807) is 30.5 Å². The average molecular weight is 497 g/mol. The Morgan fingerprint density at radius 2 is 2.00 bits per heavy atom. The molecule has 0 saturated carbocycles. The van der Waals surface area contributed by atoms with Gasteiger partial charge >= 0.3 is 5.97 Å². The Bertz CT molecular complexity index is 1340. The van der Waals surface area contributed by atoms with E-state index in [9.17, 15) is 13.2 Å². The Morgan fingerprint density at radius 3 is 2.66 bits per heavy atom. The fraction of sp³-hybridized carbons (Fsp3) is 0.200. The molecule has 0 radical (unpaired) electrons. The Hall–Kier alpha value is -3.02. The number of nitrogens with one attached hydrogen (secondary N) is 1. The van der Waals surface area contributed by atoms with E-state index in [2.05, 4.69) is 9.88 Å². The minimum atomic E-state index is -4.14. The van der Waals surface area contributed by atoms with Crippen LogP contribution in [-0.4, -0.2) is 26.3 Å². The first-order valence-corrected chi connectivity index (χ1v) is 11.9. The first-order valence-electron chi connectivity index (χ1n) is 9.18. The summed E-state index contributed by atoms with van der Waals surface area (Å²) in [6.45, 7) is 4.77. The number of sulfonamides is 1. The molecule has 0 fully saturated rings. The predicted molar refractivity (Wildman–Crippen MR) is 118 cm³/mol. The first kappa shape index (κ1) is 22.2. The summed E-state index contributed by atoms with van der Waals surface area (Å²) < 4.78 is 49.5. The third kappa shape index (κ3) is 4.31. The molecule has 2 aromatic heterocycles. The second-order valence-corrected chi connectivity index (χ2v) is 9.74. The molecule has 1 N–H and O–H groups in total. The molecule has 9 nitrogen and oxygen atoms in total. The number of benzene rings is 1. The van der Waals surface area contributed by atoms with Crippen LogP contribution in [0.1, 0.15) is 28.6 Å². The zero-order chi connectivity index (χ0) is 23.0. The molecule has 168 valence electrons. The molecule has 0 aliphatic carbocycles. The number of rotatable bonds is 6. The van der Waals surface area contributed by atoms with E-state index in [1.807, 2.05) is 6.92 Å². The fourth-order valence-corrected chi connectivity index (χ4v) is 5.50. The van der Waals surface area contributed by atoms with Gasteiger partial charge in [-0.05, 0) is 54.6 Å². The maximum atomic E-state index is 13.1. The van der Waals surface area contributed by atoms with E-state index in [0.717, 1.165) is 16.9 Å². The summed E-state index contributed by atoms with van der Waals surface area (Å²) in [5.74, 6) is 0.408.